The van der Waals surface area contributed by atoms with E-state index in [-0.39, 0.29) is 28.4 Å². The van der Waals surface area contributed by atoms with E-state index in [1.807, 2.05) is 6.07 Å². The van der Waals surface area contributed by atoms with E-state index in [4.69, 9.17) is 0 Å². The Balaban J connectivity index is 1.87. The molecule has 0 aliphatic heterocycles. The molecule has 0 aliphatic carbocycles. The molecule has 0 saturated heterocycles. The zero-order valence-corrected chi connectivity index (χ0v) is 17.7. The Morgan fingerprint density at radius 1 is 1.22 bits per heavy atom. The molecule has 0 bridgehead atoms. The summed E-state index contributed by atoms with van der Waals surface area (Å²) in [5.74, 6) is -0.740. The summed E-state index contributed by atoms with van der Waals surface area (Å²) in [6, 6.07) is 10.3. The third kappa shape index (κ3) is 3.68. The molecule has 0 atom stereocenters. The van der Waals surface area contributed by atoms with Crippen molar-refractivity contribution in [2.75, 3.05) is 14.1 Å². The largest absolute Gasteiger partial charge is 0.354 e. The minimum Gasteiger partial charge on any atom is -0.354 e. The summed E-state index contributed by atoms with van der Waals surface area (Å²) >= 11 is 0. The van der Waals surface area contributed by atoms with Crippen LogP contribution < -0.4 is 10.6 Å². The number of hydrogen-bond donors (Lipinski definition) is 3. The number of aromatic nitrogens is 4. The highest BCUT2D eigenvalue weighted by Gasteiger charge is 2.20. The second kappa shape index (κ2) is 8.53. The number of carbonyl (C=O) groups is 1. The maximum atomic E-state index is 15.1. The standard InChI is InChI=1S/C23H20FN7O/c1-12-6-13(10-26-2)7-16(24)19(12)20-15(9-25)8-18-22(29-20)21(31-30-18)14-4-5-17(28-11-14)23(32)27-3/h4-8,11,26H,10H2,1-3H3,(H,27,32)(H,30,31). The van der Waals surface area contributed by atoms with Gasteiger partial charge in [0.05, 0.1) is 16.8 Å². The van der Waals surface area contributed by atoms with Crippen molar-refractivity contribution in [3.63, 3.8) is 0 Å². The lowest BCUT2D eigenvalue weighted by Gasteiger charge is -2.12. The molecule has 9 heteroatoms. The fourth-order valence-corrected chi connectivity index (χ4v) is 3.64. The second-order valence-electron chi connectivity index (χ2n) is 7.28. The van der Waals surface area contributed by atoms with Gasteiger partial charge in [0.25, 0.3) is 5.91 Å². The van der Waals surface area contributed by atoms with Crippen LogP contribution in [0, 0.1) is 24.1 Å². The molecule has 3 aromatic heterocycles. The lowest BCUT2D eigenvalue weighted by Crippen LogP contribution is -2.18. The number of pyridine rings is 2. The fraction of sp³-hybridized carbons (Fsp3) is 0.174. The van der Waals surface area contributed by atoms with Crippen LogP contribution in [0.15, 0.2) is 36.5 Å². The molecule has 160 valence electrons. The normalized spacial score (nSPS) is 10.8. The Kier molecular flexibility index (Phi) is 5.62. The third-order valence-electron chi connectivity index (χ3n) is 5.12. The minimum absolute atomic E-state index is 0.240. The van der Waals surface area contributed by atoms with E-state index in [9.17, 15) is 10.1 Å². The molecule has 4 aromatic rings. The van der Waals surface area contributed by atoms with Crippen molar-refractivity contribution < 1.29 is 9.18 Å². The van der Waals surface area contributed by atoms with Gasteiger partial charge >= 0.3 is 0 Å². The first-order valence-electron chi connectivity index (χ1n) is 9.88. The van der Waals surface area contributed by atoms with Gasteiger partial charge in [-0.2, -0.15) is 10.4 Å². The molecule has 32 heavy (non-hydrogen) atoms. The zero-order valence-electron chi connectivity index (χ0n) is 17.7. The summed E-state index contributed by atoms with van der Waals surface area (Å²) in [4.78, 5) is 20.6. The summed E-state index contributed by atoms with van der Waals surface area (Å²) < 4.78 is 15.1. The number of nitrogens with zero attached hydrogens (tertiary/aromatic N) is 4. The van der Waals surface area contributed by atoms with Crippen molar-refractivity contribution in [1.82, 2.24) is 30.8 Å². The summed E-state index contributed by atoms with van der Waals surface area (Å²) in [5, 5.41) is 22.4. The quantitative estimate of drug-likeness (QED) is 0.449. The SMILES string of the molecule is CNCc1cc(C)c(-c2nc3c(-c4ccc(C(=O)NC)nc4)n[nH]c3cc2C#N)c(F)c1. The molecule has 8 nitrogen and oxygen atoms in total. The van der Waals surface area contributed by atoms with Gasteiger partial charge in [-0.1, -0.05) is 6.07 Å². The number of aryl methyl sites for hydroxylation is 1. The molecule has 0 unspecified atom stereocenters. The molecular formula is C23H20FN7O. The highest BCUT2D eigenvalue weighted by atomic mass is 19.1. The van der Waals surface area contributed by atoms with E-state index < -0.39 is 5.82 Å². The number of fused-ring (bicyclic) bond motifs is 1. The van der Waals surface area contributed by atoms with Crippen molar-refractivity contribution in [3.05, 3.63) is 64.7 Å². The lowest BCUT2D eigenvalue weighted by molar-refractivity contribution is 0.0958. The van der Waals surface area contributed by atoms with Crippen LogP contribution in [0.1, 0.15) is 27.2 Å². The van der Waals surface area contributed by atoms with Crippen LogP contribution in [0.5, 0.6) is 0 Å². The predicted octanol–water partition coefficient (Wildman–Crippen LogP) is 3.09. The van der Waals surface area contributed by atoms with E-state index in [0.717, 1.165) is 5.56 Å². The molecule has 0 radical (unpaired) electrons. The van der Waals surface area contributed by atoms with E-state index >= 15 is 4.39 Å². The molecule has 0 saturated carbocycles. The maximum Gasteiger partial charge on any atom is 0.269 e. The topological polar surface area (TPSA) is 119 Å². The summed E-state index contributed by atoms with van der Waals surface area (Å²) in [6.07, 6.45) is 1.53. The average molecular weight is 429 g/mol. The fourth-order valence-electron chi connectivity index (χ4n) is 3.64. The van der Waals surface area contributed by atoms with Crippen molar-refractivity contribution in [1.29, 1.82) is 5.26 Å². The molecule has 3 heterocycles. The number of halogens is 1. The zero-order chi connectivity index (χ0) is 22.8. The number of hydrogen-bond acceptors (Lipinski definition) is 6. The summed E-state index contributed by atoms with van der Waals surface area (Å²) in [5.41, 5.74) is 4.68. The van der Waals surface area contributed by atoms with Crippen molar-refractivity contribution in [2.24, 2.45) is 0 Å². The Labute approximate surface area is 183 Å². The number of aromatic amines is 1. The number of carbonyl (C=O) groups excluding carboxylic acids is 1. The maximum absolute atomic E-state index is 15.1. The van der Waals surface area contributed by atoms with Gasteiger partial charge in [0.15, 0.2) is 0 Å². The number of nitrogens with one attached hydrogen (secondary N) is 3. The Morgan fingerprint density at radius 3 is 2.66 bits per heavy atom. The monoisotopic (exact) mass is 429 g/mol. The molecule has 0 fully saturated rings. The highest BCUT2D eigenvalue weighted by Crippen LogP contribution is 2.33. The van der Waals surface area contributed by atoms with E-state index in [1.165, 1.54) is 19.3 Å². The van der Waals surface area contributed by atoms with Gasteiger partial charge in [-0.25, -0.2) is 9.37 Å². The van der Waals surface area contributed by atoms with E-state index in [1.54, 1.807) is 32.2 Å². The number of amides is 1. The second-order valence-corrected chi connectivity index (χ2v) is 7.28. The summed E-state index contributed by atoms with van der Waals surface area (Å²) in [7, 11) is 3.32. The number of nitriles is 1. The van der Waals surface area contributed by atoms with Crippen LogP contribution in [-0.4, -0.2) is 40.2 Å². The van der Waals surface area contributed by atoms with Gasteiger partial charge in [-0.15, -0.1) is 0 Å². The predicted molar refractivity (Wildman–Crippen MR) is 118 cm³/mol. The van der Waals surface area contributed by atoms with Crippen LogP contribution in [-0.2, 0) is 6.54 Å². The molecule has 0 spiro atoms. The first-order valence-corrected chi connectivity index (χ1v) is 9.88. The lowest BCUT2D eigenvalue weighted by atomic mass is 9.97. The van der Waals surface area contributed by atoms with Gasteiger partial charge in [-0.05, 0) is 49.4 Å². The van der Waals surface area contributed by atoms with Gasteiger partial charge in [0.2, 0.25) is 0 Å². The highest BCUT2D eigenvalue weighted by molar-refractivity contribution is 5.94. The molecule has 0 aliphatic rings. The number of rotatable bonds is 5. The van der Waals surface area contributed by atoms with Crippen molar-refractivity contribution >= 4 is 16.9 Å². The Hall–Kier alpha value is -4.16. The third-order valence-corrected chi connectivity index (χ3v) is 5.12. The van der Waals surface area contributed by atoms with Gasteiger partial charge in [-0.3, -0.25) is 14.9 Å². The smallest absolute Gasteiger partial charge is 0.269 e. The summed E-state index contributed by atoms with van der Waals surface area (Å²) in [6.45, 7) is 2.32. The van der Waals surface area contributed by atoms with Gasteiger partial charge in [0.1, 0.15) is 28.8 Å². The first-order chi connectivity index (χ1) is 15.5. The number of benzene rings is 1. The Morgan fingerprint density at radius 2 is 2.03 bits per heavy atom. The van der Waals surface area contributed by atoms with Crippen LogP contribution in [0.3, 0.4) is 0 Å². The Bertz CT molecular complexity index is 1350. The van der Waals surface area contributed by atoms with Gasteiger partial charge in [0, 0.05) is 30.9 Å². The van der Waals surface area contributed by atoms with Crippen LogP contribution in [0.4, 0.5) is 4.39 Å². The van der Waals surface area contributed by atoms with Crippen molar-refractivity contribution in [2.45, 2.75) is 13.5 Å². The molecule has 4 rings (SSSR count). The van der Waals surface area contributed by atoms with Crippen molar-refractivity contribution in [3.8, 4) is 28.6 Å². The molecule has 1 amide bonds. The van der Waals surface area contributed by atoms with E-state index in [0.29, 0.717) is 34.4 Å². The number of H-pyrrole nitrogens is 1. The van der Waals surface area contributed by atoms with E-state index in [2.05, 4.69) is 36.9 Å². The molecule has 3 N–H and O–H groups in total. The van der Waals surface area contributed by atoms with Crippen LogP contribution in [0.2, 0.25) is 0 Å². The average Bonchev–Trinajstić information content (AvgIpc) is 3.20. The molecule has 1 aromatic carbocycles. The minimum atomic E-state index is -0.444. The first kappa shape index (κ1) is 21.1. The van der Waals surface area contributed by atoms with Crippen LogP contribution >= 0.6 is 0 Å². The van der Waals surface area contributed by atoms with Crippen LogP contribution in [0.25, 0.3) is 33.5 Å². The van der Waals surface area contributed by atoms with Gasteiger partial charge < -0.3 is 10.6 Å². The molecular weight excluding hydrogens is 409 g/mol.